The van der Waals surface area contributed by atoms with Crippen LogP contribution in [0, 0.1) is 6.92 Å². The second-order valence-corrected chi connectivity index (χ2v) is 8.32. The van der Waals surface area contributed by atoms with Gasteiger partial charge in [0.15, 0.2) is 5.96 Å². The molecule has 0 amide bonds. The van der Waals surface area contributed by atoms with Crippen molar-refractivity contribution in [1.29, 1.82) is 0 Å². The summed E-state index contributed by atoms with van der Waals surface area (Å²) in [5.74, 6) is 0.668. The molecular weight excluding hydrogens is 356 g/mol. The van der Waals surface area contributed by atoms with E-state index in [0.717, 1.165) is 12.1 Å². The number of aryl methyl sites for hydroxylation is 1. The molecule has 0 bridgehead atoms. The number of nitrogens with one attached hydrogen (secondary N) is 3. The van der Waals surface area contributed by atoms with Crippen molar-refractivity contribution in [3.63, 3.8) is 0 Å². The monoisotopic (exact) mass is 380 g/mol. The van der Waals surface area contributed by atoms with E-state index in [-0.39, 0.29) is 6.54 Å². The first-order valence-corrected chi connectivity index (χ1v) is 10.5. The van der Waals surface area contributed by atoms with Crippen molar-refractivity contribution in [3.8, 4) is 0 Å². The predicted molar refractivity (Wildman–Crippen MR) is 104 cm³/mol. The fourth-order valence-corrected chi connectivity index (χ4v) is 4.22. The summed E-state index contributed by atoms with van der Waals surface area (Å²) in [5, 5.41) is 8.05. The van der Waals surface area contributed by atoms with Crippen molar-refractivity contribution in [2.24, 2.45) is 4.99 Å². The molecule has 0 unspecified atom stereocenters. The van der Waals surface area contributed by atoms with Crippen LogP contribution in [0.4, 0.5) is 0 Å². The van der Waals surface area contributed by atoms with Gasteiger partial charge < -0.3 is 10.6 Å². The molecule has 1 heterocycles. The van der Waals surface area contributed by atoms with Gasteiger partial charge in [0, 0.05) is 19.6 Å². The van der Waals surface area contributed by atoms with Crippen LogP contribution in [0.1, 0.15) is 18.1 Å². The zero-order valence-electron chi connectivity index (χ0n) is 14.5. The summed E-state index contributed by atoms with van der Waals surface area (Å²) in [6, 6.07) is 11.4. The molecule has 0 saturated heterocycles. The third-order valence-electron chi connectivity index (χ3n) is 3.48. The second-order valence-electron chi connectivity index (χ2n) is 5.38. The molecule has 0 atom stereocenters. The summed E-state index contributed by atoms with van der Waals surface area (Å²) in [4.78, 5) is 4.55. The molecule has 0 fully saturated rings. The van der Waals surface area contributed by atoms with Crippen LogP contribution in [0.3, 0.4) is 0 Å². The summed E-state index contributed by atoms with van der Waals surface area (Å²) in [6.07, 6.45) is 0. The van der Waals surface area contributed by atoms with E-state index < -0.39 is 10.0 Å². The van der Waals surface area contributed by atoms with Gasteiger partial charge in [-0.25, -0.2) is 18.1 Å². The van der Waals surface area contributed by atoms with E-state index in [2.05, 4.69) is 39.4 Å². The Morgan fingerprint density at radius 3 is 2.60 bits per heavy atom. The third-order valence-corrected chi connectivity index (χ3v) is 6.34. The molecule has 0 aliphatic rings. The Balaban J connectivity index is 1.85. The van der Waals surface area contributed by atoms with Crippen molar-refractivity contribution in [3.05, 3.63) is 52.9 Å². The number of sulfonamides is 1. The number of benzene rings is 1. The maximum absolute atomic E-state index is 12.0. The zero-order chi connectivity index (χ0) is 18.1. The first-order valence-electron chi connectivity index (χ1n) is 8.13. The number of hydrogen-bond donors (Lipinski definition) is 3. The van der Waals surface area contributed by atoms with E-state index in [1.807, 2.05) is 19.1 Å². The lowest BCUT2D eigenvalue weighted by Gasteiger charge is -2.12. The van der Waals surface area contributed by atoms with Gasteiger partial charge in [-0.05, 0) is 36.4 Å². The van der Waals surface area contributed by atoms with Gasteiger partial charge in [0.2, 0.25) is 10.0 Å². The molecule has 1 aromatic carbocycles. The van der Waals surface area contributed by atoms with Crippen LogP contribution in [-0.4, -0.2) is 34.0 Å². The van der Waals surface area contributed by atoms with Crippen LogP contribution in [0.25, 0.3) is 0 Å². The van der Waals surface area contributed by atoms with Crippen LogP contribution in [0.5, 0.6) is 0 Å². The van der Waals surface area contributed by atoms with Crippen LogP contribution >= 0.6 is 11.3 Å². The third kappa shape index (κ3) is 6.15. The summed E-state index contributed by atoms with van der Waals surface area (Å²) in [6.45, 7) is 6.09. The van der Waals surface area contributed by atoms with Crippen LogP contribution in [0.15, 0.2) is 51.0 Å². The molecule has 2 aromatic rings. The van der Waals surface area contributed by atoms with Gasteiger partial charge in [-0.3, -0.25) is 0 Å². The van der Waals surface area contributed by atoms with E-state index in [0.29, 0.717) is 23.3 Å². The van der Waals surface area contributed by atoms with Crippen molar-refractivity contribution in [2.75, 3.05) is 19.6 Å². The van der Waals surface area contributed by atoms with Gasteiger partial charge in [-0.1, -0.05) is 30.3 Å². The van der Waals surface area contributed by atoms with Gasteiger partial charge in [0.25, 0.3) is 0 Å². The molecular formula is C17H24N4O2S2. The normalized spacial score (nSPS) is 12.2. The van der Waals surface area contributed by atoms with Gasteiger partial charge in [-0.2, -0.15) is 0 Å². The second kappa shape index (κ2) is 9.55. The highest BCUT2D eigenvalue weighted by Crippen LogP contribution is 2.14. The number of rotatable bonds is 8. The molecule has 0 radical (unpaired) electrons. The SMILES string of the molecule is CCNC(=NCc1ccccc1C)NCCNS(=O)(=O)c1cccs1. The van der Waals surface area contributed by atoms with Crippen molar-refractivity contribution in [2.45, 2.75) is 24.6 Å². The number of hydrogen-bond acceptors (Lipinski definition) is 4. The minimum Gasteiger partial charge on any atom is -0.357 e. The average molecular weight is 381 g/mol. The van der Waals surface area contributed by atoms with Gasteiger partial charge in [-0.15, -0.1) is 11.3 Å². The number of aliphatic imine (C=N–C) groups is 1. The Bertz CT molecular complexity index is 787. The minimum absolute atomic E-state index is 0.287. The standard InChI is InChI=1S/C17H24N4O2S2/c1-3-18-17(20-13-15-8-5-4-7-14(15)2)19-10-11-21-25(22,23)16-9-6-12-24-16/h4-9,12,21H,3,10-11,13H2,1-2H3,(H2,18,19,20). The molecule has 3 N–H and O–H groups in total. The Hall–Kier alpha value is -1.90. The highest BCUT2D eigenvalue weighted by Gasteiger charge is 2.13. The Labute approximate surface area is 153 Å². The summed E-state index contributed by atoms with van der Waals surface area (Å²) in [5.41, 5.74) is 2.36. The Morgan fingerprint density at radius 1 is 1.12 bits per heavy atom. The molecule has 1 aromatic heterocycles. The zero-order valence-corrected chi connectivity index (χ0v) is 16.1. The van der Waals surface area contributed by atoms with Crippen LogP contribution < -0.4 is 15.4 Å². The van der Waals surface area contributed by atoms with Crippen molar-refractivity contribution < 1.29 is 8.42 Å². The van der Waals surface area contributed by atoms with E-state index >= 15 is 0 Å². The van der Waals surface area contributed by atoms with Gasteiger partial charge >= 0.3 is 0 Å². The molecule has 0 spiro atoms. The lowest BCUT2D eigenvalue weighted by atomic mass is 10.1. The first kappa shape index (κ1) is 19.4. The molecule has 136 valence electrons. The van der Waals surface area contributed by atoms with E-state index in [9.17, 15) is 8.42 Å². The fraction of sp³-hybridized carbons (Fsp3) is 0.353. The minimum atomic E-state index is -3.42. The molecule has 0 aliphatic heterocycles. The lowest BCUT2D eigenvalue weighted by molar-refractivity contribution is 0.582. The number of nitrogens with zero attached hydrogens (tertiary/aromatic N) is 1. The maximum atomic E-state index is 12.0. The number of thiophene rings is 1. The lowest BCUT2D eigenvalue weighted by Crippen LogP contribution is -2.41. The largest absolute Gasteiger partial charge is 0.357 e. The number of guanidine groups is 1. The average Bonchev–Trinajstić information content (AvgIpc) is 3.13. The molecule has 6 nitrogen and oxygen atoms in total. The van der Waals surface area contributed by atoms with E-state index in [1.54, 1.807) is 17.5 Å². The Morgan fingerprint density at radius 2 is 1.92 bits per heavy atom. The Kier molecular flexibility index (Phi) is 7.42. The predicted octanol–water partition coefficient (Wildman–Crippen LogP) is 2.09. The van der Waals surface area contributed by atoms with E-state index in [4.69, 9.17) is 0 Å². The van der Waals surface area contributed by atoms with Gasteiger partial charge in [0.1, 0.15) is 4.21 Å². The van der Waals surface area contributed by atoms with Crippen molar-refractivity contribution >= 4 is 27.3 Å². The van der Waals surface area contributed by atoms with Crippen LogP contribution in [0.2, 0.25) is 0 Å². The van der Waals surface area contributed by atoms with Crippen molar-refractivity contribution in [1.82, 2.24) is 15.4 Å². The summed E-state index contributed by atoms with van der Waals surface area (Å²) in [7, 11) is -3.42. The molecule has 2 rings (SSSR count). The van der Waals surface area contributed by atoms with Crippen LogP contribution in [-0.2, 0) is 16.6 Å². The maximum Gasteiger partial charge on any atom is 0.250 e. The highest BCUT2D eigenvalue weighted by atomic mass is 32.2. The quantitative estimate of drug-likeness (QED) is 0.372. The topological polar surface area (TPSA) is 82.6 Å². The molecule has 0 saturated carbocycles. The summed E-state index contributed by atoms with van der Waals surface area (Å²) < 4.78 is 27.0. The fourth-order valence-electron chi connectivity index (χ4n) is 2.15. The molecule has 8 heteroatoms. The van der Waals surface area contributed by atoms with E-state index in [1.165, 1.54) is 16.9 Å². The molecule has 25 heavy (non-hydrogen) atoms. The van der Waals surface area contributed by atoms with Gasteiger partial charge in [0.05, 0.1) is 6.54 Å². The summed E-state index contributed by atoms with van der Waals surface area (Å²) >= 11 is 1.20. The highest BCUT2D eigenvalue weighted by molar-refractivity contribution is 7.91. The first-order chi connectivity index (χ1) is 12.0. The molecule has 0 aliphatic carbocycles. The smallest absolute Gasteiger partial charge is 0.250 e.